The number of carboxylic acids is 1. The molecule has 5 heteroatoms. The molecule has 1 aromatic heterocycles. The Kier molecular flexibility index (Phi) is 7.27. The van der Waals surface area contributed by atoms with Crippen LogP contribution in [-0.2, 0) is 11.2 Å². The molecule has 0 aliphatic rings. The van der Waals surface area contributed by atoms with Crippen LogP contribution in [0.5, 0.6) is 5.75 Å². The number of benzene rings is 4. The number of rotatable bonds is 10. The van der Waals surface area contributed by atoms with Gasteiger partial charge in [0.15, 0.2) is 11.9 Å². The van der Waals surface area contributed by atoms with Gasteiger partial charge in [0.1, 0.15) is 17.1 Å². The topological polar surface area (TPSA) is 76.7 Å². The second-order valence-corrected chi connectivity index (χ2v) is 9.59. The summed E-state index contributed by atoms with van der Waals surface area (Å²) in [5, 5.41) is 12.5. The molecule has 5 aromatic rings. The summed E-state index contributed by atoms with van der Waals surface area (Å²) < 4.78 is 12.2. The summed E-state index contributed by atoms with van der Waals surface area (Å²) in [7, 11) is 0. The normalized spacial score (nSPS) is 12.1. The molecule has 0 aliphatic heterocycles. The van der Waals surface area contributed by atoms with Crippen LogP contribution in [-0.4, -0.2) is 23.0 Å². The van der Waals surface area contributed by atoms with Crippen LogP contribution in [0.25, 0.3) is 33.1 Å². The second-order valence-electron chi connectivity index (χ2n) is 9.59. The SMILES string of the molecule is CCCCC(=O)c1c(-c2ccc3c(C)c(OC(Cc4ccccc4)C(=O)O)ccc3c2)oc2ccccc12. The van der Waals surface area contributed by atoms with E-state index in [0.717, 1.165) is 45.7 Å². The van der Waals surface area contributed by atoms with E-state index in [9.17, 15) is 14.7 Å². The van der Waals surface area contributed by atoms with E-state index in [2.05, 4.69) is 6.92 Å². The largest absolute Gasteiger partial charge is 0.478 e. The molecule has 0 spiro atoms. The summed E-state index contributed by atoms with van der Waals surface area (Å²) in [6.07, 6.45) is 1.53. The minimum absolute atomic E-state index is 0.0879. The van der Waals surface area contributed by atoms with E-state index in [1.807, 2.05) is 91.9 Å². The number of carboxylic acid groups (broad SMARTS) is 1. The Bertz CT molecular complexity index is 1610. The number of fused-ring (bicyclic) bond motifs is 2. The second kappa shape index (κ2) is 10.9. The van der Waals surface area contributed by atoms with Gasteiger partial charge in [-0.3, -0.25) is 4.79 Å². The summed E-state index contributed by atoms with van der Waals surface area (Å²) in [5.41, 5.74) is 3.92. The highest BCUT2D eigenvalue weighted by Crippen LogP contribution is 2.37. The first-order valence-electron chi connectivity index (χ1n) is 13.0. The minimum atomic E-state index is -1.01. The van der Waals surface area contributed by atoms with Gasteiger partial charge in [-0.1, -0.05) is 80.1 Å². The van der Waals surface area contributed by atoms with Crippen LogP contribution in [0.15, 0.2) is 89.3 Å². The van der Waals surface area contributed by atoms with Crippen molar-refractivity contribution in [2.75, 3.05) is 0 Å². The third kappa shape index (κ3) is 5.05. The first-order chi connectivity index (χ1) is 18.5. The molecule has 1 N–H and O–H groups in total. The number of carbonyl (C=O) groups excluding carboxylic acids is 1. The van der Waals surface area contributed by atoms with E-state index in [1.165, 1.54) is 0 Å². The lowest BCUT2D eigenvalue weighted by molar-refractivity contribution is -0.145. The number of aliphatic carboxylic acids is 1. The molecule has 0 bridgehead atoms. The third-order valence-electron chi connectivity index (χ3n) is 6.94. The lowest BCUT2D eigenvalue weighted by Crippen LogP contribution is -2.29. The Morgan fingerprint density at radius 3 is 2.45 bits per heavy atom. The average Bonchev–Trinajstić information content (AvgIpc) is 3.33. The number of carbonyl (C=O) groups is 2. The van der Waals surface area contributed by atoms with Gasteiger partial charge in [0, 0.05) is 23.8 Å². The van der Waals surface area contributed by atoms with Crippen molar-refractivity contribution in [1.29, 1.82) is 0 Å². The molecule has 1 unspecified atom stereocenters. The highest BCUT2D eigenvalue weighted by Gasteiger charge is 2.23. The van der Waals surface area contributed by atoms with Crippen LogP contribution in [0.1, 0.15) is 47.7 Å². The minimum Gasteiger partial charge on any atom is -0.478 e. The molecule has 5 nitrogen and oxygen atoms in total. The van der Waals surface area contributed by atoms with Gasteiger partial charge < -0.3 is 14.3 Å². The van der Waals surface area contributed by atoms with Gasteiger partial charge >= 0.3 is 5.97 Å². The summed E-state index contributed by atoms with van der Waals surface area (Å²) >= 11 is 0. The number of ketones is 1. The van der Waals surface area contributed by atoms with Crippen LogP contribution in [0.3, 0.4) is 0 Å². The molecule has 0 saturated carbocycles. The molecule has 38 heavy (non-hydrogen) atoms. The number of unbranched alkanes of at least 4 members (excludes halogenated alkanes) is 1. The molecule has 0 aliphatic carbocycles. The molecular formula is C33H30O5. The van der Waals surface area contributed by atoms with E-state index in [1.54, 1.807) is 0 Å². The lowest BCUT2D eigenvalue weighted by Gasteiger charge is -2.18. The first kappa shape index (κ1) is 25.3. The maximum atomic E-state index is 13.2. The maximum Gasteiger partial charge on any atom is 0.345 e. The van der Waals surface area contributed by atoms with E-state index < -0.39 is 12.1 Å². The zero-order chi connectivity index (χ0) is 26.6. The molecule has 0 fully saturated rings. The molecule has 1 atom stereocenters. The van der Waals surface area contributed by atoms with Gasteiger partial charge in [-0.05, 0) is 53.4 Å². The number of aryl methyl sites for hydroxylation is 1. The van der Waals surface area contributed by atoms with Gasteiger partial charge in [-0.2, -0.15) is 0 Å². The summed E-state index contributed by atoms with van der Waals surface area (Å²) in [4.78, 5) is 25.1. The Morgan fingerprint density at radius 1 is 0.921 bits per heavy atom. The maximum absolute atomic E-state index is 13.2. The Hall–Kier alpha value is -4.38. The quantitative estimate of drug-likeness (QED) is 0.194. The fourth-order valence-corrected chi connectivity index (χ4v) is 4.88. The van der Waals surface area contributed by atoms with Crippen molar-refractivity contribution in [1.82, 2.24) is 0 Å². The summed E-state index contributed by atoms with van der Waals surface area (Å²) in [6.45, 7) is 4.01. The van der Waals surface area contributed by atoms with Crippen molar-refractivity contribution in [3.63, 3.8) is 0 Å². The molecule has 5 rings (SSSR count). The van der Waals surface area contributed by atoms with Crippen LogP contribution in [0.4, 0.5) is 0 Å². The van der Waals surface area contributed by atoms with E-state index >= 15 is 0 Å². The molecular weight excluding hydrogens is 476 g/mol. The molecule has 0 amide bonds. The average molecular weight is 507 g/mol. The Labute approximate surface area is 221 Å². The number of ether oxygens (including phenoxy) is 1. The van der Waals surface area contributed by atoms with E-state index in [0.29, 0.717) is 29.1 Å². The number of hydrogen-bond donors (Lipinski definition) is 1. The van der Waals surface area contributed by atoms with Crippen LogP contribution >= 0.6 is 0 Å². The van der Waals surface area contributed by atoms with Crippen LogP contribution < -0.4 is 4.74 Å². The highest BCUT2D eigenvalue weighted by molar-refractivity contribution is 6.12. The number of Topliss-reactive ketones (excluding diaryl/α,β-unsaturated/α-hetero) is 1. The zero-order valence-electron chi connectivity index (χ0n) is 21.6. The number of furan rings is 1. The van der Waals surface area contributed by atoms with E-state index in [4.69, 9.17) is 9.15 Å². The standard InChI is InChI=1S/C33H30O5/c1-3-4-13-27(34)31-26-12-8-9-14-29(26)38-32(31)24-15-17-25-21(2)28(18-16-23(25)20-24)37-30(33(35)36)19-22-10-6-5-7-11-22/h5-12,14-18,20,30H,3-4,13,19H2,1-2H3,(H,35,36). The predicted molar refractivity (Wildman–Crippen MR) is 150 cm³/mol. The third-order valence-corrected chi connectivity index (χ3v) is 6.94. The molecule has 0 radical (unpaired) electrons. The molecule has 4 aromatic carbocycles. The monoisotopic (exact) mass is 506 g/mol. The zero-order valence-corrected chi connectivity index (χ0v) is 21.6. The van der Waals surface area contributed by atoms with Crippen molar-refractivity contribution in [2.45, 2.75) is 45.6 Å². The number of para-hydroxylation sites is 1. The lowest BCUT2D eigenvalue weighted by atomic mass is 9.96. The van der Waals surface area contributed by atoms with Gasteiger partial charge in [0.2, 0.25) is 0 Å². The van der Waals surface area contributed by atoms with Gasteiger partial charge in [-0.15, -0.1) is 0 Å². The summed E-state index contributed by atoms with van der Waals surface area (Å²) in [6, 6.07) is 26.8. The fraction of sp³-hybridized carbons (Fsp3) is 0.212. The van der Waals surface area contributed by atoms with Crippen molar-refractivity contribution in [3.8, 4) is 17.1 Å². The van der Waals surface area contributed by atoms with E-state index in [-0.39, 0.29) is 12.2 Å². The Balaban J connectivity index is 1.50. The van der Waals surface area contributed by atoms with Crippen molar-refractivity contribution in [3.05, 3.63) is 102 Å². The van der Waals surface area contributed by atoms with Crippen LogP contribution in [0, 0.1) is 6.92 Å². The van der Waals surface area contributed by atoms with Crippen LogP contribution in [0.2, 0.25) is 0 Å². The van der Waals surface area contributed by atoms with Crippen molar-refractivity contribution >= 4 is 33.5 Å². The Morgan fingerprint density at radius 2 is 1.68 bits per heavy atom. The predicted octanol–water partition coefficient (Wildman–Crippen LogP) is 8.01. The van der Waals surface area contributed by atoms with Crippen molar-refractivity contribution < 1.29 is 23.8 Å². The smallest absolute Gasteiger partial charge is 0.345 e. The fourth-order valence-electron chi connectivity index (χ4n) is 4.88. The van der Waals surface area contributed by atoms with Gasteiger partial charge in [-0.25, -0.2) is 4.79 Å². The molecule has 192 valence electrons. The molecule has 0 saturated heterocycles. The first-order valence-corrected chi connectivity index (χ1v) is 13.0. The van der Waals surface area contributed by atoms with Crippen molar-refractivity contribution in [2.24, 2.45) is 0 Å². The molecule has 1 heterocycles. The van der Waals surface area contributed by atoms with Gasteiger partial charge in [0.05, 0.1) is 5.56 Å². The summed E-state index contributed by atoms with van der Waals surface area (Å²) in [5.74, 6) is 0.201. The highest BCUT2D eigenvalue weighted by atomic mass is 16.5. The van der Waals surface area contributed by atoms with Gasteiger partial charge in [0.25, 0.3) is 0 Å². The number of hydrogen-bond acceptors (Lipinski definition) is 4.